The van der Waals surface area contributed by atoms with Crippen LogP contribution in [0.2, 0.25) is 5.15 Å². The van der Waals surface area contributed by atoms with Crippen molar-refractivity contribution in [1.82, 2.24) is 15.0 Å². The van der Waals surface area contributed by atoms with Gasteiger partial charge < -0.3 is 4.90 Å². The van der Waals surface area contributed by atoms with Crippen LogP contribution in [0.15, 0.2) is 24.5 Å². The van der Waals surface area contributed by atoms with Crippen molar-refractivity contribution in [3.63, 3.8) is 0 Å². The first-order valence-electron chi connectivity index (χ1n) is 6.93. The van der Waals surface area contributed by atoms with Crippen LogP contribution in [0.5, 0.6) is 0 Å². The van der Waals surface area contributed by atoms with Crippen LogP contribution in [0.4, 0.5) is 5.82 Å². The van der Waals surface area contributed by atoms with Gasteiger partial charge in [-0.15, -0.1) is 0 Å². The van der Waals surface area contributed by atoms with E-state index < -0.39 is 0 Å². The van der Waals surface area contributed by atoms with Gasteiger partial charge in [0.15, 0.2) is 0 Å². The summed E-state index contributed by atoms with van der Waals surface area (Å²) in [5.74, 6) is 1.62. The zero-order valence-electron chi connectivity index (χ0n) is 13.2. The first-order chi connectivity index (χ1) is 9.79. The monoisotopic (exact) mass is 304 g/mol. The third-order valence-corrected chi connectivity index (χ3v) is 3.60. The second-order valence-electron chi connectivity index (χ2n) is 6.25. The minimum absolute atomic E-state index is 0.138. The molecule has 2 aromatic heterocycles. The summed E-state index contributed by atoms with van der Waals surface area (Å²) in [4.78, 5) is 15.3. The Morgan fingerprint density at radius 2 is 1.95 bits per heavy atom. The summed E-state index contributed by atoms with van der Waals surface area (Å²) in [7, 11) is 2.01. The number of aromatic nitrogens is 3. The van der Waals surface area contributed by atoms with Crippen LogP contribution < -0.4 is 4.90 Å². The number of hydrogen-bond donors (Lipinski definition) is 0. The van der Waals surface area contributed by atoms with Crippen molar-refractivity contribution >= 4 is 17.4 Å². The van der Waals surface area contributed by atoms with Crippen molar-refractivity contribution in [3.8, 4) is 0 Å². The highest BCUT2D eigenvalue weighted by Crippen LogP contribution is 2.28. The van der Waals surface area contributed by atoms with Crippen molar-refractivity contribution in [2.45, 2.75) is 39.7 Å². The van der Waals surface area contributed by atoms with Gasteiger partial charge in [0, 0.05) is 37.0 Å². The molecule has 5 heteroatoms. The Labute approximate surface area is 131 Å². The van der Waals surface area contributed by atoms with Crippen molar-refractivity contribution in [2.24, 2.45) is 0 Å². The van der Waals surface area contributed by atoms with Gasteiger partial charge in [-0.2, -0.15) is 0 Å². The van der Waals surface area contributed by atoms with Gasteiger partial charge in [0.1, 0.15) is 16.8 Å². The van der Waals surface area contributed by atoms with E-state index in [1.165, 1.54) is 0 Å². The topological polar surface area (TPSA) is 41.9 Å². The Bertz CT molecular complexity index is 620. The molecule has 0 bridgehead atoms. The molecule has 0 fully saturated rings. The molecule has 0 atom stereocenters. The molecular formula is C16H21ClN4. The summed E-state index contributed by atoms with van der Waals surface area (Å²) in [6, 6.07) is 3.98. The third kappa shape index (κ3) is 3.70. The van der Waals surface area contributed by atoms with Gasteiger partial charge >= 0.3 is 0 Å². The van der Waals surface area contributed by atoms with Crippen molar-refractivity contribution in [3.05, 3.63) is 46.6 Å². The van der Waals surface area contributed by atoms with Crippen LogP contribution in [0.25, 0.3) is 0 Å². The summed E-state index contributed by atoms with van der Waals surface area (Å²) in [6.07, 6.45) is 3.63. The van der Waals surface area contributed by atoms with E-state index in [0.29, 0.717) is 5.15 Å². The average molecular weight is 305 g/mol. The highest BCUT2D eigenvalue weighted by atomic mass is 35.5. The molecule has 21 heavy (non-hydrogen) atoms. The molecule has 0 saturated carbocycles. The minimum atomic E-state index is -0.138. The van der Waals surface area contributed by atoms with Crippen molar-refractivity contribution in [2.75, 3.05) is 11.9 Å². The maximum atomic E-state index is 6.28. The van der Waals surface area contributed by atoms with Crippen LogP contribution in [-0.2, 0) is 12.0 Å². The number of nitrogens with zero attached hydrogens (tertiary/aromatic N) is 4. The summed E-state index contributed by atoms with van der Waals surface area (Å²) in [5, 5.41) is 0.517. The largest absolute Gasteiger partial charge is 0.355 e. The molecular weight excluding hydrogens is 284 g/mol. The predicted octanol–water partition coefficient (Wildman–Crippen LogP) is 3.77. The van der Waals surface area contributed by atoms with E-state index in [0.717, 1.165) is 29.3 Å². The fourth-order valence-corrected chi connectivity index (χ4v) is 2.19. The lowest BCUT2D eigenvalue weighted by Crippen LogP contribution is -2.23. The molecule has 0 aromatic carbocycles. The fourth-order valence-electron chi connectivity index (χ4n) is 2.03. The van der Waals surface area contributed by atoms with Crippen LogP contribution in [0, 0.1) is 6.92 Å². The SMILES string of the molecule is Cc1c(Cl)nc(C(C)(C)C)nc1N(C)Cc1cccnc1. The summed E-state index contributed by atoms with van der Waals surface area (Å²) in [6.45, 7) is 8.92. The summed E-state index contributed by atoms with van der Waals surface area (Å²) in [5.41, 5.74) is 1.89. The van der Waals surface area contributed by atoms with E-state index in [-0.39, 0.29) is 5.41 Å². The zero-order chi connectivity index (χ0) is 15.6. The van der Waals surface area contributed by atoms with Gasteiger partial charge in [0.2, 0.25) is 0 Å². The average Bonchev–Trinajstić information content (AvgIpc) is 2.41. The van der Waals surface area contributed by atoms with Gasteiger partial charge in [0.25, 0.3) is 0 Å². The number of halogens is 1. The van der Waals surface area contributed by atoms with Crippen molar-refractivity contribution in [1.29, 1.82) is 0 Å². The molecule has 112 valence electrons. The lowest BCUT2D eigenvalue weighted by Gasteiger charge is -2.24. The quantitative estimate of drug-likeness (QED) is 0.810. The Hall–Kier alpha value is -1.68. The first-order valence-corrected chi connectivity index (χ1v) is 7.31. The second kappa shape index (κ2) is 5.98. The molecule has 0 spiro atoms. The van der Waals surface area contributed by atoms with Crippen LogP contribution in [0.3, 0.4) is 0 Å². The molecule has 0 radical (unpaired) electrons. The highest BCUT2D eigenvalue weighted by molar-refractivity contribution is 6.30. The first kappa shape index (κ1) is 15.7. The summed E-state index contributed by atoms with van der Waals surface area (Å²) < 4.78 is 0. The molecule has 0 amide bonds. The molecule has 0 aliphatic carbocycles. The molecule has 2 aromatic rings. The Morgan fingerprint density at radius 1 is 1.24 bits per heavy atom. The molecule has 0 unspecified atom stereocenters. The Morgan fingerprint density at radius 3 is 2.52 bits per heavy atom. The third-order valence-electron chi connectivity index (χ3n) is 3.24. The highest BCUT2D eigenvalue weighted by Gasteiger charge is 2.22. The maximum absolute atomic E-state index is 6.28. The Balaban J connectivity index is 2.36. The number of anilines is 1. The van der Waals surface area contributed by atoms with Crippen molar-refractivity contribution < 1.29 is 0 Å². The molecule has 2 rings (SSSR count). The van der Waals surface area contributed by atoms with E-state index in [9.17, 15) is 0 Å². The number of rotatable bonds is 3. The lowest BCUT2D eigenvalue weighted by molar-refractivity contribution is 0.543. The van der Waals surface area contributed by atoms with Gasteiger partial charge in [-0.25, -0.2) is 9.97 Å². The number of hydrogen-bond acceptors (Lipinski definition) is 4. The molecule has 0 N–H and O–H groups in total. The van der Waals surface area contributed by atoms with E-state index in [1.807, 2.05) is 32.3 Å². The van der Waals surface area contributed by atoms with E-state index in [2.05, 4.69) is 35.6 Å². The van der Waals surface area contributed by atoms with E-state index >= 15 is 0 Å². The van der Waals surface area contributed by atoms with E-state index in [1.54, 1.807) is 6.20 Å². The normalized spacial score (nSPS) is 11.5. The smallest absolute Gasteiger partial charge is 0.137 e. The fraction of sp³-hybridized carbons (Fsp3) is 0.438. The molecule has 0 aliphatic rings. The molecule has 0 saturated heterocycles. The van der Waals surface area contributed by atoms with Gasteiger partial charge in [-0.3, -0.25) is 4.98 Å². The number of pyridine rings is 1. The molecule has 2 heterocycles. The minimum Gasteiger partial charge on any atom is -0.355 e. The Kier molecular flexibility index (Phi) is 4.47. The summed E-state index contributed by atoms with van der Waals surface area (Å²) >= 11 is 6.28. The second-order valence-corrected chi connectivity index (χ2v) is 6.61. The predicted molar refractivity (Wildman–Crippen MR) is 86.8 cm³/mol. The maximum Gasteiger partial charge on any atom is 0.137 e. The zero-order valence-corrected chi connectivity index (χ0v) is 13.9. The van der Waals surface area contributed by atoms with Crippen LogP contribution in [-0.4, -0.2) is 22.0 Å². The molecule has 4 nitrogen and oxygen atoms in total. The van der Waals surface area contributed by atoms with E-state index in [4.69, 9.17) is 16.6 Å². The standard InChI is InChI=1S/C16H21ClN4/c1-11-13(17)19-15(16(2,3)4)20-14(11)21(5)10-12-7-6-8-18-9-12/h6-9H,10H2,1-5H3. The van der Waals surface area contributed by atoms with Gasteiger partial charge in [-0.1, -0.05) is 38.4 Å². The van der Waals surface area contributed by atoms with Gasteiger partial charge in [-0.05, 0) is 18.6 Å². The van der Waals surface area contributed by atoms with Gasteiger partial charge in [0.05, 0.1) is 0 Å². The van der Waals surface area contributed by atoms with Crippen LogP contribution in [0.1, 0.15) is 37.7 Å². The van der Waals surface area contributed by atoms with Crippen LogP contribution >= 0.6 is 11.6 Å². The molecule has 0 aliphatic heterocycles. The lowest BCUT2D eigenvalue weighted by atomic mass is 9.95.